The lowest BCUT2D eigenvalue weighted by atomic mass is 10.3. The van der Waals surface area contributed by atoms with Crippen molar-refractivity contribution in [3.63, 3.8) is 0 Å². The summed E-state index contributed by atoms with van der Waals surface area (Å²) in [6, 6.07) is 5.54. The molecule has 0 unspecified atom stereocenters. The van der Waals surface area contributed by atoms with Gasteiger partial charge in [0.15, 0.2) is 11.5 Å². The molecule has 1 rings (SSSR count). The predicted molar refractivity (Wildman–Crippen MR) is 47.3 cm³/mol. The van der Waals surface area contributed by atoms with Crippen LogP contribution in [0.25, 0.3) is 0 Å². The van der Waals surface area contributed by atoms with Gasteiger partial charge in [-0.15, -0.1) is 0 Å². The van der Waals surface area contributed by atoms with E-state index in [1.807, 2.05) is 18.2 Å². The Morgan fingerprint density at radius 1 is 1.08 bits per heavy atom. The number of rotatable bonds is 3. The zero-order valence-electron chi connectivity index (χ0n) is 7.50. The van der Waals surface area contributed by atoms with Gasteiger partial charge < -0.3 is 9.47 Å². The zero-order valence-corrected chi connectivity index (χ0v) is 7.50. The first-order valence-electron chi connectivity index (χ1n) is 3.63. The lowest BCUT2D eigenvalue weighted by Crippen LogP contribution is -1.92. The molecule has 1 aromatic rings. The first-order valence-corrected chi connectivity index (χ1v) is 3.63. The highest BCUT2D eigenvalue weighted by Crippen LogP contribution is 2.29. The molecule has 0 aliphatic rings. The molecule has 0 aromatic heterocycles. The number of ether oxygens (including phenoxy) is 2. The van der Waals surface area contributed by atoms with E-state index in [1.54, 1.807) is 21.3 Å². The summed E-state index contributed by atoms with van der Waals surface area (Å²) < 4.78 is 10.2. The van der Waals surface area contributed by atoms with E-state index in [1.165, 1.54) is 0 Å². The van der Waals surface area contributed by atoms with Gasteiger partial charge in [0.1, 0.15) is 0 Å². The largest absolute Gasteiger partial charge is 0.493 e. The van der Waals surface area contributed by atoms with Crippen LogP contribution < -0.4 is 14.8 Å². The zero-order chi connectivity index (χ0) is 8.97. The summed E-state index contributed by atoms with van der Waals surface area (Å²) in [5.74, 6) is 1.44. The third kappa shape index (κ3) is 1.61. The van der Waals surface area contributed by atoms with Crippen LogP contribution in [0.3, 0.4) is 0 Å². The van der Waals surface area contributed by atoms with Crippen LogP contribution in [0.5, 0.6) is 11.5 Å². The number of nitrogens with zero attached hydrogens (tertiary/aromatic N) is 1. The SMILES string of the molecule is C[N]c1ccc(OC)c(OC)c1. The Bertz CT molecular complexity index is 261. The van der Waals surface area contributed by atoms with Crippen LogP contribution in [-0.2, 0) is 0 Å². The van der Waals surface area contributed by atoms with Gasteiger partial charge in [-0.3, -0.25) is 5.32 Å². The number of methoxy groups -OCH3 is 2. The van der Waals surface area contributed by atoms with E-state index in [-0.39, 0.29) is 0 Å². The molecule has 0 heterocycles. The summed E-state index contributed by atoms with van der Waals surface area (Å²) in [6.07, 6.45) is 0. The third-order valence-corrected chi connectivity index (χ3v) is 1.63. The number of hydrogen-bond donors (Lipinski definition) is 0. The van der Waals surface area contributed by atoms with Crippen LogP contribution in [-0.4, -0.2) is 21.3 Å². The summed E-state index contributed by atoms with van der Waals surface area (Å²) >= 11 is 0. The monoisotopic (exact) mass is 166 g/mol. The van der Waals surface area contributed by atoms with Gasteiger partial charge in [0, 0.05) is 13.1 Å². The molecule has 0 aliphatic heterocycles. The Kier molecular flexibility index (Phi) is 2.80. The van der Waals surface area contributed by atoms with E-state index in [4.69, 9.17) is 9.47 Å². The minimum Gasteiger partial charge on any atom is -0.493 e. The average Bonchev–Trinajstić information content (AvgIpc) is 2.16. The number of benzene rings is 1. The van der Waals surface area contributed by atoms with E-state index in [0.29, 0.717) is 5.75 Å². The fourth-order valence-electron chi connectivity index (χ4n) is 0.964. The summed E-state index contributed by atoms with van der Waals surface area (Å²) in [6.45, 7) is 0. The van der Waals surface area contributed by atoms with Crippen LogP contribution in [0.2, 0.25) is 0 Å². The highest BCUT2D eigenvalue weighted by Gasteiger charge is 2.02. The van der Waals surface area contributed by atoms with Gasteiger partial charge in [-0.2, -0.15) is 0 Å². The quantitative estimate of drug-likeness (QED) is 0.682. The Hall–Kier alpha value is -1.38. The Labute approximate surface area is 72.3 Å². The average molecular weight is 166 g/mol. The molecule has 0 saturated carbocycles. The highest BCUT2D eigenvalue weighted by atomic mass is 16.5. The predicted octanol–water partition coefficient (Wildman–Crippen LogP) is 1.57. The topological polar surface area (TPSA) is 32.6 Å². The molecule has 0 saturated heterocycles. The summed E-state index contributed by atoms with van der Waals surface area (Å²) in [7, 11) is 4.96. The molecule has 65 valence electrons. The van der Waals surface area contributed by atoms with Crippen LogP contribution >= 0.6 is 0 Å². The summed E-state index contributed by atoms with van der Waals surface area (Å²) in [4.78, 5) is 0. The van der Waals surface area contributed by atoms with Crippen molar-refractivity contribution in [2.45, 2.75) is 0 Å². The van der Waals surface area contributed by atoms with E-state index in [0.717, 1.165) is 11.4 Å². The fourth-order valence-corrected chi connectivity index (χ4v) is 0.964. The maximum absolute atomic E-state index is 5.09. The second-order valence-corrected chi connectivity index (χ2v) is 2.26. The molecular formula is C9H12NO2. The van der Waals surface area contributed by atoms with Crippen molar-refractivity contribution in [3.8, 4) is 11.5 Å². The normalized spacial score (nSPS) is 9.25. The van der Waals surface area contributed by atoms with Gasteiger partial charge in [0.05, 0.1) is 19.9 Å². The van der Waals surface area contributed by atoms with Crippen molar-refractivity contribution in [3.05, 3.63) is 18.2 Å². The molecule has 0 amide bonds. The van der Waals surface area contributed by atoms with Gasteiger partial charge in [-0.1, -0.05) is 0 Å². The maximum atomic E-state index is 5.09. The first kappa shape index (κ1) is 8.71. The second kappa shape index (κ2) is 3.85. The van der Waals surface area contributed by atoms with Crippen molar-refractivity contribution in [1.29, 1.82) is 0 Å². The molecule has 0 bridgehead atoms. The molecule has 3 nitrogen and oxygen atoms in total. The smallest absolute Gasteiger partial charge is 0.162 e. The van der Waals surface area contributed by atoms with Crippen molar-refractivity contribution >= 4 is 5.69 Å². The second-order valence-electron chi connectivity index (χ2n) is 2.26. The Morgan fingerprint density at radius 3 is 2.25 bits per heavy atom. The minimum atomic E-state index is 0.709. The highest BCUT2D eigenvalue weighted by molar-refractivity contribution is 5.50. The van der Waals surface area contributed by atoms with Gasteiger partial charge in [0.25, 0.3) is 0 Å². The molecule has 1 radical (unpaired) electrons. The molecule has 0 aliphatic carbocycles. The third-order valence-electron chi connectivity index (χ3n) is 1.63. The molecule has 0 spiro atoms. The molecule has 12 heavy (non-hydrogen) atoms. The lowest BCUT2D eigenvalue weighted by Gasteiger charge is -2.07. The van der Waals surface area contributed by atoms with Gasteiger partial charge in [-0.05, 0) is 12.1 Å². The molecule has 1 aromatic carbocycles. The van der Waals surface area contributed by atoms with Gasteiger partial charge in [0.2, 0.25) is 0 Å². The fraction of sp³-hybridized carbons (Fsp3) is 0.333. The van der Waals surface area contributed by atoms with Crippen molar-refractivity contribution in [2.24, 2.45) is 0 Å². The van der Waals surface area contributed by atoms with Crippen molar-refractivity contribution < 1.29 is 9.47 Å². The standard InChI is InChI=1S/C9H12NO2/c1-10-7-4-5-8(11-2)9(6-7)12-3/h4-6H,1-3H3. The minimum absolute atomic E-state index is 0.709. The Balaban J connectivity index is 3.02. The van der Waals surface area contributed by atoms with E-state index in [9.17, 15) is 0 Å². The van der Waals surface area contributed by atoms with Crippen LogP contribution in [0.4, 0.5) is 5.69 Å². The summed E-state index contributed by atoms with van der Waals surface area (Å²) in [5.41, 5.74) is 0.882. The first-order chi connectivity index (χ1) is 5.81. The molecule has 0 fully saturated rings. The summed E-state index contributed by atoms with van der Waals surface area (Å²) in [5, 5.41) is 4.02. The number of hydrogen-bond acceptors (Lipinski definition) is 2. The molecule has 3 heteroatoms. The van der Waals surface area contributed by atoms with Crippen LogP contribution in [0, 0.1) is 0 Å². The van der Waals surface area contributed by atoms with Crippen LogP contribution in [0.15, 0.2) is 18.2 Å². The van der Waals surface area contributed by atoms with Crippen molar-refractivity contribution in [1.82, 2.24) is 5.32 Å². The van der Waals surface area contributed by atoms with Crippen LogP contribution in [0.1, 0.15) is 0 Å². The van der Waals surface area contributed by atoms with Crippen molar-refractivity contribution in [2.75, 3.05) is 21.3 Å². The van der Waals surface area contributed by atoms with Gasteiger partial charge in [-0.25, -0.2) is 0 Å². The van der Waals surface area contributed by atoms with E-state index >= 15 is 0 Å². The molecular weight excluding hydrogens is 154 g/mol. The maximum Gasteiger partial charge on any atom is 0.162 e. The Morgan fingerprint density at radius 2 is 1.75 bits per heavy atom. The van der Waals surface area contributed by atoms with E-state index in [2.05, 4.69) is 5.32 Å². The molecule has 0 N–H and O–H groups in total. The lowest BCUT2D eigenvalue weighted by molar-refractivity contribution is 0.355. The van der Waals surface area contributed by atoms with E-state index < -0.39 is 0 Å². The van der Waals surface area contributed by atoms with Gasteiger partial charge >= 0.3 is 0 Å². The molecule has 0 atom stereocenters.